The van der Waals surface area contributed by atoms with Gasteiger partial charge in [0.1, 0.15) is 0 Å². The van der Waals surface area contributed by atoms with Crippen molar-refractivity contribution in [3.05, 3.63) is 0 Å². The van der Waals surface area contributed by atoms with E-state index in [9.17, 15) is 0 Å². The fraction of sp³-hybridized carbons (Fsp3) is 1.00. The second kappa shape index (κ2) is 8.92. The predicted octanol–water partition coefficient (Wildman–Crippen LogP) is 4.00. The van der Waals surface area contributed by atoms with Crippen molar-refractivity contribution in [1.82, 2.24) is 5.32 Å². The van der Waals surface area contributed by atoms with E-state index in [2.05, 4.69) is 33.0 Å². The topological polar surface area (TPSA) is 21.3 Å². The van der Waals surface area contributed by atoms with Gasteiger partial charge in [0.15, 0.2) is 0 Å². The van der Waals surface area contributed by atoms with E-state index in [0.29, 0.717) is 6.10 Å². The molecule has 0 aromatic rings. The Bertz CT molecular complexity index is 201. The lowest BCUT2D eigenvalue weighted by molar-refractivity contribution is -0.0295. The predicted molar refractivity (Wildman–Crippen MR) is 78.9 cm³/mol. The zero-order valence-electron chi connectivity index (χ0n) is 12.9. The molecule has 1 saturated carbocycles. The molecule has 0 amide bonds. The first-order valence-electron chi connectivity index (χ1n) is 8.04. The summed E-state index contributed by atoms with van der Waals surface area (Å²) in [6, 6.07) is 0.726. The first-order valence-corrected chi connectivity index (χ1v) is 8.04. The van der Waals surface area contributed by atoms with Crippen LogP contribution in [0.25, 0.3) is 0 Å². The molecule has 2 atom stereocenters. The molecule has 1 aliphatic carbocycles. The van der Waals surface area contributed by atoms with Gasteiger partial charge in [-0.25, -0.2) is 0 Å². The van der Waals surface area contributed by atoms with Crippen LogP contribution in [0, 0.1) is 11.8 Å². The van der Waals surface area contributed by atoms with Crippen LogP contribution in [0.3, 0.4) is 0 Å². The van der Waals surface area contributed by atoms with Crippen molar-refractivity contribution in [3.8, 4) is 0 Å². The summed E-state index contributed by atoms with van der Waals surface area (Å²) in [6.07, 6.45) is 8.53. The van der Waals surface area contributed by atoms with Crippen LogP contribution in [0.15, 0.2) is 0 Å². The molecule has 0 radical (unpaired) electrons. The SMILES string of the molecule is CCCC(C)CC(CC1CC(OCC)C1)NCC. The molecule has 1 rings (SSSR count). The van der Waals surface area contributed by atoms with E-state index >= 15 is 0 Å². The minimum atomic E-state index is 0.565. The maximum absolute atomic E-state index is 5.65. The second-order valence-corrected chi connectivity index (χ2v) is 6.03. The first kappa shape index (κ1) is 16.0. The smallest absolute Gasteiger partial charge is 0.0580 e. The Morgan fingerprint density at radius 2 is 1.94 bits per heavy atom. The molecule has 1 N–H and O–H groups in total. The molecule has 0 aromatic heterocycles. The Hall–Kier alpha value is -0.0800. The zero-order chi connectivity index (χ0) is 13.4. The number of ether oxygens (including phenoxy) is 1. The van der Waals surface area contributed by atoms with Crippen LogP contribution in [0.5, 0.6) is 0 Å². The molecular formula is C16H33NO. The second-order valence-electron chi connectivity index (χ2n) is 6.03. The highest BCUT2D eigenvalue weighted by Crippen LogP contribution is 2.34. The van der Waals surface area contributed by atoms with Crippen LogP contribution in [0.1, 0.15) is 66.2 Å². The Morgan fingerprint density at radius 1 is 1.22 bits per heavy atom. The van der Waals surface area contributed by atoms with Gasteiger partial charge < -0.3 is 10.1 Å². The average Bonchev–Trinajstić information content (AvgIpc) is 2.26. The van der Waals surface area contributed by atoms with Crippen LogP contribution in [-0.4, -0.2) is 25.3 Å². The van der Waals surface area contributed by atoms with Crippen molar-refractivity contribution in [2.24, 2.45) is 11.8 Å². The van der Waals surface area contributed by atoms with Gasteiger partial charge in [0, 0.05) is 12.6 Å². The number of rotatable bonds is 10. The molecule has 0 saturated heterocycles. The fourth-order valence-electron chi connectivity index (χ4n) is 3.29. The maximum Gasteiger partial charge on any atom is 0.0580 e. The zero-order valence-corrected chi connectivity index (χ0v) is 12.9. The summed E-state index contributed by atoms with van der Waals surface area (Å²) >= 11 is 0. The molecule has 0 heterocycles. The van der Waals surface area contributed by atoms with Crippen LogP contribution in [0.4, 0.5) is 0 Å². The van der Waals surface area contributed by atoms with E-state index in [0.717, 1.165) is 31.0 Å². The van der Waals surface area contributed by atoms with Crippen molar-refractivity contribution in [2.75, 3.05) is 13.2 Å². The maximum atomic E-state index is 5.65. The summed E-state index contributed by atoms with van der Waals surface area (Å²) in [6.45, 7) is 11.0. The van der Waals surface area contributed by atoms with Crippen LogP contribution in [0.2, 0.25) is 0 Å². The average molecular weight is 255 g/mol. The van der Waals surface area contributed by atoms with Crippen LogP contribution >= 0.6 is 0 Å². The Balaban J connectivity index is 2.22. The van der Waals surface area contributed by atoms with Crippen molar-refractivity contribution < 1.29 is 4.74 Å². The third kappa shape index (κ3) is 5.71. The summed E-state index contributed by atoms with van der Waals surface area (Å²) in [4.78, 5) is 0. The summed E-state index contributed by atoms with van der Waals surface area (Å²) in [5.74, 6) is 1.77. The van der Waals surface area contributed by atoms with Crippen molar-refractivity contribution >= 4 is 0 Å². The Morgan fingerprint density at radius 3 is 2.50 bits per heavy atom. The van der Waals surface area contributed by atoms with Gasteiger partial charge in [0.2, 0.25) is 0 Å². The van der Waals surface area contributed by atoms with Crippen LogP contribution in [-0.2, 0) is 4.74 Å². The monoisotopic (exact) mass is 255 g/mol. The van der Waals surface area contributed by atoms with E-state index in [1.165, 1.54) is 38.5 Å². The molecular weight excluding hydrogens is 222 g/mol. The Kier molecular flexibility index (Phi) is 7.92. The number of nitrogens with one attached hydrogen (secondary N) is 1. The van der Waals surface area contributed by atoms with Gasteiger partial charge in [-0.15, -0.1) is 0 Å². The third-order valence-electron chi connectivity index (χ3n) is 4.17. The van der Waals surface area contributed by atoms with Gasteiger partial charge in [-0.2, -0.15) is 0 Å². The molecule has 0 aliphatic heterocycles. The molecule has 0 aromatic carbocycles. The van der Waals surface area contributed by atoms with Crippen molar-refractivity contribution in [3.63, 3.8) is 0 Å². The highest BCUT2D eigenvalue weighted by atomic mass is 16.5. The van der Waals surface area contributed by atoms with Crippen molar-refractivity contribution in [2.45, 2.75) is 78.4 Å². The minimum Gasteiger partial charge on any atom is -0.378 e. The van der Waals surface area contributed by atoms with Gasteiger partial charge in [-0.3, -0.25) is 0 Å². The molecule has 18 heavy (non-hydrogen) atoms. The molecule has 1 aliphatic rings. The molecule has 0 bridgehead atoms. The van der Waals surface area contributed by atoms with E-state index < -0.39 is 0 Å². The standard InChI is InChI=1S/C16H33NO/c1-5-8-13(4)9-15(17-6-2)10-14-11-16(12-14)18-7-3/h13-17H,5-12H2,1-4H3. The summed E-state index contributed by atoms with van der Waals surface area (Å²) in [5.41, 5.74) is 0. The number of hydrogen-bond donors (Lipinski definition) is 1. The summed E-state index contributed by atoms with van der Waals surface area (Å²) < 4.78 is 5.65. The molecule has 0 spiro atoms. The molecule has 108 valence electrons. The van der Waals surface area contributed by atoms with Crippen molar-refractivity contribution in [1.29, 1.82) is 0 Å². The minimum absolute atomic E-state index is 0.565. The molecule has 2 heteroatoms. The van der Waals surface area contributed by atoms with E-state index in [4.69, 9.17) is 4.74 Å². The molecule has 2 unspecified atom stereocenters. The number of hydrogen-bond acceptors (Lipinski definition) is 2. The molecule has 2 nitrogen and oxygen atoms in total. The lowest BCUT2D eigenvalue weighted by Gasteiger charge is -2.37. The fourth-order valence-corrected chi connectivity index (χ4v) is 3.29. The lowest BCUT2D eigenvalue weighted by Crippen LogP contribution is -2.38. The largest absolute Gasteiger partial charge is 0.378 e. The normalized spacial score (nSPS) is 26.7. The van der Waals surface area contributed by atoms with E-state index in [1.54, 1.807) is 0 Å². The molecule has 1 fully saturated rings. The third-order valence-corrected chi connectivity index (χ3v) is 4.17. The van der Waals surface area contributed by atoms with Gasteiger partial charge in [0.25, 0.3) is 0 Å². The van der Waals surface area contributed by atoms with Gasteiger partial charge in [-0.1, -0.05) is 33.6 Å². The van der Waals surface area contributed by atoms with Gasteiger partial charge >= 0.3 is 0 Å². The summed E-state index contributed by atoms with van der Waals surface area (Å²) in [5, 5.41) is 3.68. The first-order chi connectivity index (χ1) is 8.69. The summed E-state index contributed by atoms with van der Waals surface area (Å²) in [7, 11) is 0. The Labute approximate surface area is 114 Å². The van der Waals surface area contributed by atoms with E-state index in [-0.39, 0.29) is 0 Å². The highest BCUT2D eigenvalue weighted by Gasteiger charge is 2.31. The van der Waals surface area contributed by atoms with Gasteiger partial charge in [-0.05, 0) is 51.0 Å². The van der Waals surface area contributed by atoms with Crippen LogP contribution < -0.4 is 5.32 Å². The highest BCUT2D eigenvalue weighted by molar-refractivity contribution is 4.84. The van der Waals surface area contributed by atoms with E-state index in [1.807, 2.05) is 0 Å². The quantitative estimate of drug-likeness (QED) is 0.637. The van der Waals surface area contributed by atoms with Gasteiger partial charge in [0.05, 0.1) is 6.10 Å². The lowest BCUT2D eigenvalue weighted by atomic mass is 9.77.